The van der Waals surface area contributed by atoms with E-state index in [2.05, 4.69) is 22.0 Å². The zero-order valence-corrected chi connectivity index (χ0v) is 28.4. The Kier molecular flexibility index (Phi) is 10.1. The van der Waals surface area contributed by atoms with Crippen LogP contribution in [0.15, 0.2) is 86.2 Å². The summed E-state index contributed by atoms with van der Waals surface area (Å²) in [5, 5.41) is 9.55. The van der Waals surface area contributed by atoms with Gasteiger partial charge in [0.1, 0.15) is 18.4 Å². The van der Waals surface area contributed by atoms with Crippen LogP contribution in [-0.2, 0) is 16.1 Å². The Bertz CT molecular complexity index is 2060. The predicted octanol–water partition coefficient (Wildman–Crippen LogP) is 5.81. The summed E-state index contributed by atoms with van der Waals surface area (Å²) in [7, 11) is 1.53. The van der Waals surface area contributed by atoms with E-state index in [1.165, 1.54) is 23.0 Å². The molecule has 1 aliphatic rings. The number of aromatic nitrogens is 1. The average Bonchev–Trinajstić information content (AvgIpc) is 3.33. The Balaban J connectivity index is 1.70. The molecule has 0 unspecified atom stereocenters. The Labute approximate surface area is 278 Å². The smallest absolute Gasteiger partial charge is 0.338 e. The van der Waals surface area contributed by atoms with Crippen LogP contribution >= 0.6 is 27.3 Å². The molecular weight excluding hydrogens is 670 g/mol. The molecule has 46 heavy (non-hydrogen) atoms. The van der Waals surface area contributed by atoms with Crippen molar-refractivity contribution >= 4 is 39.3 Å². The van der Waals surface area contributed by atoms with Crippen molar-refractivity contribution in [3.63, 3.8) is 0 Å². The van der Waals surface area contributed by atoms with Crippen LogP contribution in [0.2, 0.25) is 0 Å². The van der Waals surface area contributed by atoms with Gasteiger partial charge in [0, 0.05) is 21.2 Å². The molecule has 0 aliphatic carbocycles. The average molecular weight is 703 g/mol. The van der Waals surface area contributed by atoms with Gasteiger partial charge in [0.2, 0.25) is 0 Å². The summed E-state index contributed by atoms with van der Waals surface area (Å²) in [4.78, 5) is 32.8. The van der Waals surface area contributed by atoms with Gasteiger partial charge in [-0.05, 0) is 58.0 Å². The van der Waals surface area contributed by atoms with Crippen molar-refractivity contribution in [1.82, 2.24) is 4.57 Å². The molecule has 0 saturated heterocycles. The summed E-state index contributed by atoms with van der Waals surface area (Å²) in [5.74, 6) is 0.854. The molecule has 4 aromatic rings. The Morgan fingerprint density at radius 2 is 1.89 bits per heavy atom. The molecule has 0 fully saturated rings. The molecule has 2 heterocycles. The largest absolute Gasteiger partial charge is 0.493 e. The number of carbonyl (C=O) groups is 1. The van der Waals surface area contributed by atoms with Crippen molar-refractivity contribution in [3.05, 3.63) is 118 Å². The molecule has 1 atom stereocenters. The molecule has 0 N–H and O–H groups in total. The maximum atomic E-state index is 14.3. The zero-order valence-electron chi connectivity index (χ0n) is 26.0. The number of esters is 1. The quantitative estimate of drug-likeness (QED) is 0.192. The molecule has 0 amide bonds. The molecule has 0 saturated carbocycles. The minimum atomic E-state index is -0.831. The summed E-state index contributed by atoms with van der Waals surface area (Å²) in [6.07, 6.45) is 1.58. The van der Waals surface area contributed by atoms with Crippen LogP contribution in [-0.4, -0.2) is 30.4 Å². The summed E-state index contributed by atoms with van der Waals surface area (Å²) in [6, 6.07) is 19.5. The minimum absolute atomic E-state index is 0.110. The molecule has 1 aromatic heterocycles. The van der Waals surface area contributed by atoms with Crippen LogP contribution in [0.5, 0.6) is 17.2 Å². The van der Waals surface area contributed by atoms with Gasteiger partial charge in [-0.1, -0.05) is 63.7 Å². The third kappa shape index (κ3) is 6.64. The monoisotopic (exact) mass is 701 g/mol. The summed E-state index contributed by atoms with van der Waals surface area (Å²) < 4.78 is 26.1. The van der Waals surface area contributed by atoms with Crippen molar-refractivity contribution < 1.29 is 23.7 Å². The van der Waals surface area contributed by atoms with Gasteiger partial charge in [-0.15, -0.1) is 0 Å². The molecular formula is C35H32BrN3O6S. The van der Waals surface area contributed by atoms with Crippen molar-refractivity contribution in [2.45, 2.75) is 46.4 Å². The normalized spacial score (nSPS) is 14.4. The van der Waals surface area contributed by atoms with Gasteiger partial charge >= 0.3 is 5.97 Å². The van der Waals surface area contributed by atoms with Gasteiger partial charge in [-0.25, -0.2) is 9.79 Å². The lowest BCUT2D eigenvalue weighted by atomic mass is 9.95. The summed E-state index contributed by atoms with van der Waals surface area (Å²) >= 11 is 4.74. The topological polar surface area (TPSA) is 112 Å². The van der Waals surface area contributed by atoms with Crippen LogP contribution < -0.4 is 29.1 Å². The molecule has 236 valence electrons. The number of ether oxygens (including phenoxy) is 4. The number of carbonyl (C=O) groups excluding carboxylic acids is 1. The van der Waals surface area contributed by atoms with Crippen LogP contribution in [0.1, 0.15) is 56.0 Å². The Morgan fingerprint density at radius 1 is 1.15 bits per heavy atom. The van der Waals surface area contributed by atoms with Crippen molar-refractivity contribution in [3.8, 4) is 23.3 Å². The molecule has 5 rings (SSSR count). The molecule has 0 bridgehead atoms. The van der Waals surface area contributed by atoms with Gasteiger partial charge in [0.25, 0.3) is 5.56 Å². The number of rotatable bonds is 10. The van der Waals surface area contributed by atoms with E-state index >= 15 is 0 Å². The fourth-order valence-corrected chi connectivity index (χ4v) is 6.69. The van der Waals surface area contributed by atoms with Gasteiger partial charge in [-0.2, -0.15) is 5.26 Å². The fourth-order valence-electron chi connectivity index (χ4n) is 5.20. The number of halogens is 1. The van der Waals surface area contributed by atoms with E-state index in [1.54, 1.807) is 38.1 Å². The first-order valence-electron chi connectivity index (χ1n) is 14.6. The number of para-hydroxylation sites is 1. The molecule has 0 radical (unpaired) electrons. The maximum Gasteiger partial charge on any atom is 0.338 e. The molecule has 3 aromatic carbocycles. The first-order chi connectivity index (χ1) is 22.2. The lowest BCUT2D eigenvalue weighted by Crippen LogP contribution is -2.40. The fraction of sp³-hybridized carbons (Fsp3) is 0.257. The molecule has 9 nitrogen and oxygen atoms in total. The SMILES string of the molecule is CCOC(=O)C1=C(C)N=c2s/c(=C\c3cc(Br)cc(OC)c3OCc3ccccc3C#N)c(=O)n2[C@H]1c1ccccc1OC(C)C. The van der Waals surface area contributed by atoms with Crippen LogP contribution in [0.25, 0.3) is 6.08 Å². The number of fused-ring (bicyclic) bond motifs is 1. The van der Waals surface area contributed by atoms with Crippen molar-refractivity contribution in [2.75, 3.05) is 13.7 Å². The molecule has 1 aliphatic heterocycles. The second kappa shape index (κ2) is 14.2. The third-order valence-electron chi connectivity index (χ3n) is 7.16. The van der Waals surface area contributed by atoms with E-state index in [1.807, 2.05) is 56.3 Å². The lowest BCUT2D eigenvalue weighted by molar-refractivity contribution is -0.139. The lowest BCUT2D eigenvalue weighted by Gasteiger charge is -2.26. The first-order valence-corrected chi connectivity index (χ1v) is 16.2. The number of hydrogen-bond donors (Lipinski definition) is 0. The first kappa shape index (κ1) is 32.7. The number of benzene rings is 3. The van der Waals surface area contributed by atoms with E-state index < -0.39 is 12.0 Å². The van der Waals surface area contributed by atoms with E-state index in [4.69, 9.17) is 23.9 Å². The molecule has 0 spiro atoms. The van der Waals surface area contributed by atoms with Gasteiger partial charge in [-0.3, -0.25) is 9.36 Å². The number of allylic oxidation sites excluding steroid dienone is 1. The summed E-state index contributed by atoms with van der Waals surface area (Å²) in [5.41, 5.74) is 2.82. The highest BCUT2D eigenvalue weighted by Gasteiger charge is 2.35. The number of nitriles is 1. The van der Waals surface area contributed by atoms with Crippen molar-refractivity contribution in [1.29, 1.82) is 5.26 Å². The minimum Gasteiger partial charge on any atom is -0.493 e. The van der Waals surface area contributed by atoms with Crippen LogP contribution in [0.4, 0.5) is 0 Å². The van der Waals surface area contributed by atoms with Crippen molar-refractivity contribution in [2.24, 2.45) is 4.99 Å². The van der Waals surface area contributed by atoms with Crippen LogP contribution in [0.3, 0.4) is 0 Å². The number of thiazole rings is 1. The van der Waals surface area contributed by atoms with Gasteiger partial charge < -0.3 is 18.9 Å². The Morgan fingerprint density at radius 3 is 2.61 bits per heavy atom. The maximum absolute atomic E-state index is 14.3. The highest BCUT2D eigenvalue weighted by molar-refractivity contribution is 9.10. The second-order valence-electron chi connectivity index (χ2n) is 10.6. The zero-order chi connectivity index (χ0) is 33.0. The van der Waals surface area contributed by atoms with E-state index in [-0.39, 0.29) is 30.5 Å². The summed E-state index contributed by atoms with van der Waals surface area (Å²) in [6.45, 7) is 7.59. The van der Waals surface area contributed by atoms with Crippen LogP contribution in [0, 0.1) is 11.3 Å². The standard InChI is InChI=1S/C35H32BrN3O6S/c1-6-43-34(41)30-21(4)38-35-39(31(30)26-13-9-10-14-27(26)45-20(2)3)33(40)29(46-35)16-24-15-25(36)17-28(42-5)32(24)44-19-23-12-8-7-11-22(23)18-37/h7-17,20,31H,6,19H2,1-5H3/b29-16-/t31-/m0/s1. The predicted molar refractivity (Wildman–Crippen MR) is 179 cm³/mol. The van der Waals surface area contributed by atoms with Gasteiger partial charge in [0.15, 0.2) is 16.3 Å². The highest BCUT2D eigenvalue weighted by Crippen LogP contribution is 2.38. The van der Waals surface area contributed by atoms with Gasteiger partial charge in [0.05, 0.1) is 47.3 Å². The second-order valence-corrected chi connectivity index (χ2v) is 12.5. The number of nitrogens with zero attached hydrogens (tertiary/aromatic N) is 3. The molecule has 11 heteroatoms. The van der Waals surface area contributed by atoms with E-state index in [9.17, 15) is 14.9 Å². The van der Waals surface area contributed by atoms with E-state index in [0.29, 0.717) is 59.0 Å². The highest BCUT2D eigenvalue weighted by atomic mass is 79.9. The van der Waals surface area contributed by atoms with E-state index in [0.717, 1.165) is 0 Å². The number of methoxy groups -OCH3 is 1. The Hall–Kier alpha value is -4.66. The third-order valence-corrected chi connectivity index (χ3v) is 8.60. The number of hydrogen-bond acceptors (Lipinski definition) is 9.